The summed E-state index contributed by atoms with van der Waals surface area (Å²) in [7, 11) is 1.21. The molecule has 182 valence electrons. The number of aromatic nitrogens is 1. The van der Waals surface area contributed by atoms with Crippen molar-refractivity contribution in [2.45, 2.75) is 30.3 Å². The number of rotatable bonds is 9. The highest BCUT2D eigenvalue weighted by atomic mass is 32.2. The lowest BCUT2D eigenvalue weighted by atomic mass is 10.2. The summed E-state index contributed by atoms with van der Waals surface area (Å²) < 4.78 is 40.7. The second-order valence-corrected chi connectivity index (χ2v) is 11.9. The fourth-order valence-corrected chi connectivity index (χ4v) is 6.45. The van der Waals surface area contributed by atoms with Crippen molar-refractivity contribution in [1.82, 2.24) is 8.87 Å². The van der Waals surface area contributed by atoms with Gasteiger partial charge in [0.2, 0.25) is 10.0 Å². The van der Waals surface area contributed by atoms with E-state index in [4.69, 9.17) is 9.47 Å². The fourth-order valence-electron chi connectivity index (χ4n) is 3.60. The van der Waals surface area contributed by atoms with Crippen molar-refractivity contribution in [3.05, 3.63) is 46.8 Å². The van der Waals surface area contributed by atoms with Crippen LogP contribution in [0.3, 0.4) is 0 Å². The third kappa shape index (κ3) is 4.88. The smallest absolute Gasteiger partial charge is 0.279 e. The number of hydrogen-bond acceptors (Lipinski definition) is 7. The molecule has 1 aliphatic rings. The van der Waals surface area contributed by atoms with Gasteiger partial charge in [-0.2, -0.15) is 21.1 Å². The molecule has 1 saturated carbocycles. The van der Waals surface area contributed by atoms with Gasteiger partial charge in [0.15, 0.2) is 16.3 Å². The van der Waals surface area contributed by atoms with Gasteiger partial charge in [-0.05, 0) is 43.4 Å². The molecule has 0 spiro atoms. The first kappa shape index (κ1) is 24.8. The molecule has 0 atom stereocenters. The van der Waals surface area contributed by atoms with Gasteiger partial charge in [0, 0.05) is 43.1 Å². The second-order valence-electron chi connectivity index (χ2n) is 7.90. The summed E-state index contributed by atoms with van der Waals surface area (Å²) in [6.07, 6.45) is 3.79. The topological polar surface area (TPSA) is 90.2 Å². The van der Waals surface area contributed by atoms with Crippen LogP contribution in [0.1, 0.15) is 23.2 Å². The molecule has 11 heteroatoms. The highest BCUT2D eigenvalue weighted by Gasteiger charge is 2.35. The molecule has 0 saturated heterocycles. The molecule has 0 N–H and O–H groups in total. The van der Waals surface area contributed by atoms with E-state index in [1.807, 2.05) is 23.0 Å². The number of carbonyl (C=O) groups is 1. The van der Waals surface area contributed by atoms with E-state index in [1.165, 1.54) is 39.9 Å². The van der Waals surface area contributed by atoms with Gasteiger partial charge in [0.25, 0.3) is 5.91 Å². The van der Waals surface area contributed by atoms with E-state index < -0.39 is 15.9 Å². The zero-order chi connectivity index (χ0) is 24.5. The summed E-state index contributed by atoms with van der Waals surface area (Å²) in [6.45, 7) is 0.674. The van der Waals surface area contributed by atoms with E-state index in [1.54, 1.807) is 33.0 Å². The summed E-state index contributed by atoms with van der Waals surface area (Å²) in [5.74, 6) is 1.64. The van der Waals surface area contributed by atoms with Crippen LogP contribution in [-0.2, 0) is 16.6 Å². The molecule has 4 rings (SSSR count). The van der Waals surface area contributed by atoms with Crippen LogP contribution >= 0.6 is 23.1 Å². The number of methoxy groups -OCH3 is 2. The first-order valence-corrected chi connectivity index (χ1v) is 14.4. The predicted octanol–water partition coefficient (Wildman–Crippen LogP) is 3.61. The number of amides is 1. The van der Waals surface area contributed by atoms with E-state index in [-0.39, 0.29) is 10.9 Å². The number of fused-ring (bicyclic) bond motifs is 1. The number of nitrogens with zero attached hydrogens (tertiary/aromatic N) is 3. The van der Waals surface area contributed by atoms with E-state index >= 15 is 0 Å². The van der Waals surface area contributed by atoms with Gasteiger partial charge in [0.05, 0.1) is 29.3 Å². The van der Waals surface area contributed by atoms with Gasteiger partial charge in [-0.1, -0.05) is 11.3 Å². The Morgan fingerprint density at radius 2 is 1.82 bits per heavy atom. The van der Waals surface area contributed by atoms with Crippen molar-refractivity contribution in [2.75, 3.05) is 33.3 Å². The lowest BCUT2D eigenvalue weighted by Gasteiger charge is -2.16. The zero-order valence-electron chi connectivity index (χ0n) is 19.5. The first-order chi connectivity index (χ1) is 16.3. The summed E-state index contributed by atoms with van der Waals surface area (Å²) in [4.78, 5) is 18.1. The minimum Gasteiger partial charge on any atom is -0.493 e. The molecule has 0 aliphatic heterocycles. The lowest BCUT2D eigenvalue weighted by molar-refractivity contribution is 0.0997. The molecule has 8 nitrogen and oxygen atoms in total. The minimum atomic E-state index is -3.56. The molecule has 1 amide bonds. The number of thioether (sulfide) groups is 1. The van der Waals surface area contributed by atoms with Gasteiger partial charge in [-0.15, -0.1) is 0 Å². The Bertz CT molecular complexity index is 1370. The van der Waals surface area contributed by atoms with E-state index in [2.05, 4.69) is 4.99 Å². The Morgan fingerprint density at radius 1 is 1.18 bits per heavy atom. The highest BCUT2D eigenvalue weighted by Crippen LogP contribution is 2.33. The van der Waals surface area contributed by atoms with Crippen LogP contribution in [-0.4, -0.2) is 62.5 Å². The molecule has 1 fully saturated rings. The average Bonchev–Trinajstić information content (AvgIpc) is 3.64. The zero-order valence-corrected chi connectivity index (χ0v) is 21.9. The Labute approximate surface area is 207 Å². The van der Waals surface area contributed by atoms with Crippen molar-refractivity contribution in [2.24, 2.45) is 4.99 Å². The van der Waals surface area contributed by atoms with Gasteiger partial charge in [-0.3, -0.25) is 4.79 Å². The average molecular weight is 522 g/mol. The monoisotopic (exact) mass is 521 g/mol. The Kier molecular flexibility index (Phi) is 7.36. The standard InChI is InChI=1S/C23H27N3O5S3/c1-25(16-7-8-16)34(28,29)17-9-5-15(6-10-17)22(27)24-23-26(11-12-32-4)18-13-19(30-2)20(31-3)14-21(18)33-23/h5-6,9-10,13-14,16H,7-8,11-12H2,1-4H3. The molecule has 2 aromatic carbocycles. The number of benzene rings is 2. The quantitative estimate of drug-likeness (QED) is 0.427. The Balaban J connectivity index is 1.70. The van der Waals surface area contributed by atoms with Gasteiger partial charge in [-0.25, -0.2) is 8.42 Å². The third-order valence-electron chi connectivity index (χ3n) is 5.74. The molecule has 3 aromatic rings. The number of ether oxygens (including phenoxy) is 2. The van der Waals surface area contributed by atoms with Crippen LogP contribution in [0.15, 0.2) is 46.3 Å². The predicted molar refractivity (Wildman–Crippen MR) is 136 cm³/mol. The number of aryl methyl sites for hydroxylation is 1. The van der Waals surface area contributed by atoms with Crippen LogP contribution in [0.25, 0.3) is 10.2 Å². The molecule has 1 heterocycles. The van der Waals surface area contributed by atoms with Gasteiger partial charge in [0.1, 0.15) is 0 Å². The molecule has 1 aromatic heterocycles. The molecule has 1 aliphatic carbocycles. The first-order valence-electron chi connectivity index (χ1n) is 10.7. The Morgan fingerprint density at radius 3 is 2.41 bits per heavy atom. The van der Waals surface area contributed by atoms with Gasteiger partial charge < -0.3 is 14.0 Å². The largest absolute Gasteiger partial charge is 0.493 e. The molecule has 0 bridgehead atoms. The summed E-state index contributed by atoms with van der Waals surface area (Å²) in [5.41, 5.74) is 1.24. The van der Waals surface area contributed by atoms with E-state index in [9.17, 15) is 13.2 Å². The van der Waals surface area contributed by atoms with Crippen LogP contribution in [0.4, 0.5) is 0 Å². The van der Waals surface area contributed by atoms with Crippen LogP contribution in [0.5, 0.6) is 11.5 Å². The third-order valence-corrected chi connectivity index (χ3v) is 9.30. The van der Waals surface area contributed by atoms with Gasteiger partial charge >= 0.3 is 0 Å². The maximum absolute atomic E-state index is 13.0. The summed E-state index contributed by atoms with van der Waals surface area (Å²) in [6, 6.07) is 9.83. The van der Waals surface area contributed by atoms with Crippen molar-refractivity contribution < 1.29 is 22.7 Å². The number of carbonyl (C=O) groups excluding carboxylic acids is 1. The maximum Gasteiger partial charge on any atom is 0.279 e. The summed E-state index contributed by atoms with van der Waals surface area (Å²) >= 11 is 3.10. The minimum absolute atomic E-state index is 0.0725. The van der Waals surface area contributed by atoms with Crippen LogP contribution < -0.4 is 14.3 Å². The number of thiazole rings is 1. The van der Waals surface area contributed by atoms with E-state index in [0.29, 0.717) is 28.4 Å². The molecular formula is C23H27N3O5S3. The molecule has 34 heavy (non-hydrogen) atoms. The molecular weight excluding hydrogens is 494 g/mol. The lowest BCUT2D eigenvalue weighted by Crippen LogP contribution is -2.28. The number of sulfonamides is 1. The molecule has 0 radical (unpaired) electrons. The van der Waals surface area contributed by atoms with Crippen molar-refractivity contribution in [1.29, 1.82) is 0 Å². The van der Waals surface area contributed by atoms with Crippen LogP contribution in [0.2, 0.25) is 0 Å². The van der Waals surface area contributed by atoms with Crippen molar-refractivity contribution in [3.63, 3.8) is 0 Å². The highest BCUT2D eigenvalue weighted by molar-refractivity contribution is 7.98. The number of hydrogen-bond donors (Lipinski definition) is 0. The van der Waals surface area contributed by atoms with Crippen molar-refractivity contribution >= 4 is 49.2 Å². The maximum atomic E-state index is 13.0. The fraction of sp³-hybridized carbons (Fsp3) is 0.391. The summed E-state index contributed by atoms with van der Waals surface area (Å²) in [5, 5.41) is 0. The Hall–Kier alpha value is -2.34. The molecule has 0 unspecified atom stereocenters. The second kappa shape index (κ2) is 10.1. The van der Waals surface area contributed by atoms with Crippen molar-refractivity contribution in [3.8, 4) is 11.5 Å². The van der Waals surface area contributed by atoms with Crippen LogP contribution in [0, 0.1) is 0 Å². The van der Waals surface area contributed by atoms with E-state index in [0.717, 1.165) is 28.8 Å². The SMILES string of the molecule is COc1cc2sc(=NC(=O)c3ccc(S(=O)(=O)N(C)C4CC4)cc3)n(CCSC)c2cc1OC. The normalized spacial score (nSPS) is 14.7.